The van der Waals surface area contributed by atoms with E-state index in [1.165, 1.54) is 74.4 Å². The molecule has 1 heterocycles. The summed E-state index contributed by atoms with van der Waals surface area (Å²) in [4.78, 5) is 14.9. The molecule has 0 saturated carbocycles. The van der Waals surface area contributed by atoms with E-state index in [4.69, 9.17) is 0 Å². The molecule has 0 saturated heterocycles. The molecule has 142 valence electrons. The molecule has 2 N–H and O–H groups in total. The zero-order valence-electron chi connectivity index (χ0n) is 16.5. The largest absolute Gasteiger partial charge is 0.478 e. The number of rotatable bonds is 8. The van der Waals surface area contributed by atoms with Crippen molar-refractivity contribution < 1.29 is 9.90 Å². The van der Waals surface area contributed by atoms with E-state index < -0.39 is 5.97 Å². The smallest absolute Gasteiger partial charge is 0.335 e. The molecule has 3 nitrogen and oxygen atoms in total. The predicted molar refractivity (Wildman–Crippen MR) is 108 cm³/mol. The molecule has 1 atom stereocenters. The number of carboxylic acids is 1. The van der Waals surface area contributed by atoms with Gasteiger partial charge in [-0.2, -0.15) is 0 Å². The van der Waals surface area contributed by atoms with Crippen LogP contribution >= 0.6 is 0 Å². The minimum atomic E-state index is -0.859. The van der Waals surface area contributed by atoms with Gasteiger partial charge in [-0.05, 0) is 42.9 Å². The highest BCUT2D eigenvalue weighted by atomic mass is 16.4. The van der Waals surface area contributed by atoms with Crippen LogP contribution in [-0.2, 0) is 5.41 Å². The molecule has 26 heavy (non-hydrogen) atoms. The van der Waals surface area contributed by atoms with Gasteiger partial charge in [0.05, 0.1) is 5.56 Å². The van der Waals surface area contributed by atoms with Crippen molar-refractivity contribution >= 4 is 16.9 Å². The maximum absolute atomic E-state index is 11.3. The molecule has 3 rings (SSSR count). The molecule has 1 aliphatic carbocycles. The van der Waals surface area contributed by atoms with Gasteiger partial charge < -0.3 is 10.1 Å². The minimum Gasteiger partial charge on any atom is -0.478 e. The zero-order chi connectivity index (χ0) is 18.7. The highest BCUT2D eigenvalue weighted by Crippen LogP contribution is 2.47. The van der Waals surface area contributed by atoms with Crippen LogP contribution in [0.4, 0.5) is 0 Å². The second-order valence-electron chi connectivity index (χ2n) is 8.66. The van der Waals surface area contributed by atoms with Crippen molar-refractivity contribution in [3.8, 4) is 0 Å². The van der Waals surface area contributed by atoms with Gasteiger partial charge in [-0.25, -0.2) is 4.79 Å². The molecule has 0 amide bonds. The third-order valence-corrected chi connectivity index (χ3v) is 6.19. The van der Waals surface area contributed by atoms with Gasteiger partial charge in [0.1, 0.15) is 0 Å². The summed E-state index contributed by atoms with van der Waals surface area (Å²) in [6.07, 6.45) is 11.7. The van der Waals surface area contributed by atoms with E-state index in [1.54, 1.807) is 12.1 Å². The maximum atomic E-state index is 11.3. The Balaban J connectivity index is 1.83. The Morgan fingerprint density at radius 2 is 1.92 bits per heavy atom. The second-order valence-corrected chi connectivity index (χ2v) is 8.66. The number of carbonyl (C=O) groups is 1. The number of carboxylic acid groups (broad SMARTS) is 1. The van der Waals surface area contributed by atoms with E-state index in [9.17, 15) is 9.90 Å². The Bertz CT molecular complexity index is 772. The van der Waals surface area contributed by atoms with E-state index in [0.29, 0.717) is 11.5 Å². The van der Waals surface area contributed by atoms with Crippen molar-refractivity contribution in [2.45, 2.75) is 89.9 Å². The van der Waals surface area contributed by atoms with Crippen LogP contribution < -0.4 is 0 Å². The lowest BCUT2D eigenvalue weighted by Gasteiger charge is -2.35. The number of H-pyrrole nitrogens is 1. The fourth-order valence-corrected chi connectivity index (χ4v) is 4.57. The van der Waals surface area contributed by atoms with Crippen molar-refractivity contribution in [3.05, 3.63) is 35.0 Å². The molecule has 1 aromatic carbocycles. The first-order valence-electron chi connectivity index (χ1n) is 10.3. The van der Waals surface area contributed by atoms with E-state index in [2.05, 4.69) is 25.8 Å². The number of nitrogens with one attached hydrogen (secondary N) is 1. The second kappa shape index (κ2) is 7.85. The molecule has 0 spiro atoms. The van der Waals surface area contributed by atoms with Gasteiger partial charge in [0, 0.05) is 22.0 Å². The Morgan fingerprint density at radius 1 is 1.19 bits per heavy atom. The van der Waals surface area contributed by atoms with Gasteiger partial charge in [-0.3, -0.25) is 0 Å². The summed E-state index contributed by atoms with van der Waals surface area (Å²) in [7, 11) is 0. The summed E-state index contributed by atoms with van der Waals surface area (Å²) >= 11 is 0. The van der Waals surface area contributed by atoms with Crippen molar-refractivity contribution in [1.29, 1.82) is 0 Å². The highest BCUT2D eigenvalue weighted by Gasteiger charge is 2.35. The first kappa shape index (κ1) is 19.0. The van der Waals surface area contributed by atoms with Gasteiger partial charge in [-0.1, -0.05) is 65.4 Å². The number of unbranched alkanes of at least 4 members (excludes halogenated alkanes) is 5. The Labute approximate surface area is 157 Å². The van der Waals surface area contributed by atoms with Crippen LogP contribution in [0.3, 0.4) is 0 Å². The van der Waals surface area contributed by atoms with Crippen LogP contribution in [0.1, 0.15) is 106 Å². The number of hydrogen-bond acceptors (Lipinski definition) is 1. The summed E-state index contributed by atoms with van der Waals surface area (Å²) in [6, 6.07) is 5.57. The minimum absolute atomic E-state index is 0.134. The van der Waals surface area contributed by atoms with E-state index in [1.807, 2.05) is 6.07 Å². The van der Waals surface area contributed by atoms with Gasteiger partial charge in [0.25, 0.3) is 0 Å². The monoisotopic (exact) mass is 355 g/mol. The molecular weight excluding hydrogens is 322 g/mol. The van der Waals surface area contributed by atoms with E-state index in [0.717, 1.165) is 5.52 Å². The lowest BCUT2D eigenvalue weighted by atomic mass is 9.70. The summed E-state index contributed by atoms with van der Waals surface area (Å²) < 4.78 is 0. The Hall–Kier alpha value is -1.77. The van der Waals surface area contributed by atoms with Gasteiger partial charge >= 0.3 is 5.97 Å². The predicted octanol–water partition coefficient (Wildman–Crippen LogP) is 6.77. The standard InChI is InChI=1S/C23H33NO2/c1-4-5-6-7-8-9-10-16-13-14-23(2,3)21-20(16)18-12-11-17(22(25)26)15-19(18)24-21/h11-12,15-16,24H,4-10,13-14H2,1-3H3,(H,25,26). The number of aromatic amines is 1. The quantitative estimate of drug-likeness (QED) is 0.513. The molecule has 0 bridgehead atoms. The molecule has 0 fully saturated rings. The first-order chi connectivity index (χ1) is 12.4. The Morgan fingerprint density at radius 3 is 2.65 bits per heavy atom. The number of aromatic nitrogens is 1. The normalized spacial score (nSPS) is 18.8. The molecule has 1 aliphatic rings. The molecule has 0 radical (unpaired) electrons. The van der Waals surface area contributed by atoms with Crippen LogP contribution in [0.25, 0.3) is 10.9 Å². The zero-order valence-corrected chi connectivity index (χ0v) is 16.5. The van der Waals surface area contributed by atoms with Gasteiger partial charge in [0.2, 0.25) is 0 Å². The van der Waals surface area contributed by atoms with Crippen LogP contribution in [0.5, 0.6) is 0 Å². The SMILES string of the molecule is CCCCCCCCC1CCC(C)(C)c2[nH]c3cc(C(=O)O)ccc3c21. The summed E-state index contributed by atoms with van der Waals surface area (Å²) in [6.45, 7) is 6.87. The molecular formula is C23H33NO2. The van der Waals surface area contributed by atoms with E-state index >= 15 is 0 Å². The number of aromatic carboxylic acids is 1. The average Bonchev–Trinajstić information content (AvgIpc) is 3.00. The van der Waals surface area contributed by atoms with Gasteiger partial charge in [0.15, 0.2) is 0 Å². The molecule has 2 aromatic rings. The lowest BCUT2D eigenvalue weighted by Crippen LogP contribution is -2.26. The third-order valence-electron chi connectivity index (χ3n) is 6.19. The van der Waals surface area contributed by atoms with Crippen LogP contribution in [0.15, 0.2) is 18.2 Å². The number of fused-ring (bicyclic) bond motifs is 3. The van der Waals surface area contributed by atoms with Crippen LogP contribution in [-0.4, -0.2) is 16.1 Å². The van der Waals surface area contributed by atoms with Gasteiger partial charge in [-0.15, -0.1) is 0 Å². The average molecular weight is 356 g/mol. The lowest BCUT2D eigenvalue weighted by molar-refractivity contribution is 0.0697. The first-order valence-corrected chi connectivity index (χ1v) is 10.3. The van der Waals surface area contributed by atoms with Crippen molar-refractivity contribution in [3.63, 3.8) is 0 Å². The molecule has 3 heteroatoms. The van der Waals surface area contributed by atoms with Crippen LogP contribution in [0.2, 0.25) is 0 Å². The summed E-state index contributed by atoms with van der Waals surface area (Å²) in [5.41, 5.74) is 4.27. The fraction of sp³-hybridized carbons (Fsp3) is 0.609. The topological polar surface area (TPSA) is 53.1 Å². The summed E-state index contributed by atoms with van der Waals surface area (Å²) in [5.74, 6) is -0.254. The van der Waals surface area contributed by atoms with Crippen LogP contribution in [0, 0.1) is 0 Å². The van der Waals surface area contributed by atoms with Crippen molar-refractivity contribution in [1.82, 2.24) is 4.98 Å². The summed E-state index contributed by atoms with van der Waals surface area (Å²) in [5, 5.41) is 10.5. The van der Waals surface area contributed by atoms with E-state index in [-0.39, 0.29) is 5.41 Å². The molecule has 1 unspecified atom stereocenters. The molecule has 0 aliphatic heterocycles. The van der Waals surface area contributed by atoms with Crippen molar-refractivity contribution in [2.75, 3.05) is 0 Å². The number of benzene rings is 1. The number of hydrogen-bond donors (Lipinski definition) is 2. The highest BCUT2D eigenvalue weighted by molar-refractivity contribution is 5.95. The van der Waals surface area contributed by atoms with Crippen molar-refractivity contribution in [2.24, 2.45) is 0 Å². The Kier molecular flexibility index (Phi) is 5.74. The third kappa shape index (κ3) is 3.82. The maximum Gasteiger partial charge on any atom is 0.335 e. The fourth-order valence-electron chi connectivity index (χ4n) is 4.57. The molecule has 1 aromatic heterocycles.